The first-order chi connectivity index (χ1) is 16.3. The van der Waals surface area contributed by atoms with Gasteiger partial charge in [-0.25, -0.2) is 0 Å². The lowest BCUT2D eigenvalue weighted by Crippen LogP contribution is -2.29. The van der Waals surface area contributed by atoms with Crippen LogP contribution in [0.15, 0.2) is 50.1 Å². The molecule has 0 radical (unpaired) electrons. The molecule has 1 atom stereocenters. The van der Waals surface area contributed by atoms with E-state index in [0.29, 0.717) is 29.4 Å². The van der Waals surface area contributed by atoms with Crippen molar-refractivity contribution >= 4 is 45.9 Å². The largest absolute Gasteiger partial charge is 0.493 e. The first-order valence-corrected chi connectivity index (χ1v) is 11.1. The molecule has 34 heavy (non-hydrogen) atoms. The van der Waals surface area contributed by atoms with E-state index in [2.05, 4.69) is 5.16 Å². The second kappa shape index (κ2) is 8.38. The van der Waals surface area contributed by atoms with Crippen molar-refractivity contribution in [2.45, 2.75) is 19.9 Å². The summed E-state index contributed by atoms with van der Waals surface area (Å²) in [5, 5.41) is 4.59. The molecule has 5 rings (SSSR count). The lowest BCUT2D eigenvalue weighted by molar-refractivity contribution is 0.0969. The summed E-state index contributed by atoms with van der Waals surface area (Å²) in [7, 11) is 1.51. The number of halogens is 2. The van der Waals surface area contributed by atoms with Crippen LogP contribution in [0.2, 0.25) is 10.0 Å². The third kappa shape index (κ3) is 3.41. The van der Waals surface area contributed by atoms with Gasteiger partial charge in [0.25, 0.3) is 5.91 Å². The van der Waals surface area contributed by atoms with E-state index in [0.717, 1.165) is 0 Å². The summed E-state index contributed by atoms with van der Waals surface area (Å²) in [6, 6.07) is 8.86. The van der Waals surface area contributed by atoms with Crippen molar-refractivity contribution in [2.75, 3.05) is 18.6 Å². The second-order valence-corrected chi connectivity index (χ2v) is 8.50. The average Bonchev–Trinajstić information content (AvgIpc) is 3.36. The summed E-state index contributed by atoms with van der Waals surface area (Å²) >= 11 is 12.4. The van der Waals surface area contributed by atoms with Crippen molar-refractivity contribution in [3.63, 3.8) is 0 Å². The molecule has 1 amide bonds. The molecular formula is C24H18Cl2N2O6. The average molecular weight is 501 g/mol. The summed E-state index contributed by atoms with van der Waals surface area (Å²) in [6.07, 6.45) is 0. The van der Waals surface area contributed by atoms with Gasteiger partial charge in [0, 0.05) is 11.1 Å². The SMILES string of the molecule is CCOc1ccc([C@H]2c3c(oc4c(Cl)cc(Cl)cc4c3=O)C(=O)N2c2cc(C)on2)cc1OC. The van der Waals surface area contributed by atoms with Gasteiger partial charge in [-0.05, 0) is 43.7 Å². The minimum Gasteiger partial charge on any atom is -0.493 e. The van der Waals surface area contributed by atoms with Crippen LogP contribution in [0.3, 0.4) is 0 Å². The lowest BCUT2D eigenvalue weighted by Gasteiger charge is -2.23. The number of carbonyl (C=O) groups is 1. The number of hydrogen-bond acceptors (Lipinski definition) is 7. The summed E-state index contributed by atoms with van der Waals surface area (Å²) in [6.45, 7) is 4.01. The van der Waals surface area contributed by atoms with Gasteiger partial charge in [-0.2, -0.15) is 0 Å². The molecule has 0 unspecified atom stereocenters. The van der Waals surface area contributed by atoms with Crippen molar-refractivity contribution in [1.82, 2.24) is 5.16 Å². The Balaban J connectivity index is 1.81. The number of fused-ring (bicyclic) bond motifs is 2. The highest BCUT2D eigenvalue weighted by Crippen LogP contribution is 2.43. The molecule has 0 spiro atoms. The summed E-state index contributed by atoms with van der Waals surface area (Å²) in [5.74, 6) is 1.05. The highest BCUT2D eigenvalue weighted by Gasteiger charge is 2.45. The molecule has 8 nitrogen and oxygen atoms in total. The zero-order chi connectivity index (χ0) is 24.1. The molecule has 3 heterocycles. The van der Waals surface area contributed by atoms with Gasteiger partial charge in [-0.3, -0.25) is 14.5 Å². The van der Waals surface area contributed by atoms with Gasteiger partial charge >= 0.3 is 0 Å². The number of anilines is 1. The maximum absolute atomic E-state index is 13.7. The van der Waals surface area contributed by atoms with Crippen molar-refractivity contribution in [3.8, 4) is 11.5 Å². The number of amides is 1. The van der Waals surface area contributed by atoms with E-state index in [9.17, 15) is 9.59 Å². The number of ether oxygens (including phenoxy) is 2. The van der Waals surface area contributed by atoms with E-state index in [4.69, 9.17) is 41.6 Å². The van der Waals surface area contributed by atoms with Crippen LogP contribution >= 0.6 is 23.2 Å². The van der Waals surface area contributed by atoms with Crippen LogP contribution in [0.1, 0.15) is 40.4 Å². The zero-order valence-corrected chi connectivity index (χ0v) is 19.9. The normalized spacial score (nSPS) is 15.1. The molecule has 0 aliphatic carbocycles. The minimum atomic E-state index is -0.866. The topological polar surface area (TPSA) is 95.0 Å². The molecule has 0 bridgehead atoms. The fourth-order valence-corrected chi connectivity index (χ4v) is 4.68. The molecular weight excluding hydrogens is 483 g/mol. The Morgan fingerprint density at radius 2 is 1.91 bits per heavy atom. The highest BCUT2D eigenvalue weighted by molar-refractivity contribution is 6.38. The number of hydrogen-bond donors (Lipinski definition) is 0. The van der Waals surface area contributed by atoms with Gasteiger partial charge < -0.3 is 18.4 Å². The molecule has 0 saturated carbocycles. The van der Waals surface area contributed by atoms with Crippen molar-refractivity contribution in [2.24, 2.45) is 0 Å². The summed E-state index contributed by atoms with van der Waals surface area (Å²) in [5.41, 5.74) is 0.398. The Kier molecular flexibility index (Phi) is 5.50. The van der Waals surface area contributed by atoms with Gasteiger partial charge in [0.2, 0.25) is 5.76 Å². The molecule has 174 valence electrons. The lowest BCUT2D eigenvalue weighted by atomic mass is 9.98. The Morgan fingerprint density at radius 1 is 1.12 bits per heavy atom. The van der Waals surface area contributed by atoms with Gasteiger partial charge in [-0.1, -0.05) is 34.4 Å². The number of aryl methyl sites for hydroxylation is 1. The molecule has 1 aliphatic heterocycles. The fraction of sp³-hybridized carbons (Fsp3) is 0.208. The minimum absolute atomic E-state index is 0.0874. The van der Waals surface area contributed by atoms with Crippen molar-refractivity contribution in [3.05, 3.63) is 79.3 Å². The molecule has 10 heteroatoms. The van der Waals surface area contributed by atoms with Gasteiger partial charge in [0.1, 0.15) is 5.76 Å². The maximum atomic E-state index is 13.7. The van der Waals surface area contributed by atoms with Gasteiger partial charge in [-0.15, -0.1) is 0 Å². The smallest absolute Gasteiger partial charge is 0.296 e. The van der Waals surface area contributed by atoms with E-state index >= 15 is 0 Å². The first-order valence-electron chi connectivity index (χ1n) is 10.4. The molecule has 0 N–H and O–H groups in total. The standard InChI is InChI=1S/C24H18Cl2N2O6/c1-4-32-16-6-5-12(8-17(16)31-3)20-19-21(29)14-9-13(25)10-15(26)22(14)33-23(19)24(30)28(20)18-7-11(2)34-27-18/h5-10,20H,4H2,1-3H3/t20-/m0/s1. The van der Waals surface area contributed by atoms with E-state index in [-0.39, 0.29) is 38.2 Å². The van der Waals surface area contributed by atoms with Crippen LogP contribution in [0.4, 0.5) is 5.82 Å². The molecule has 2 aromatic heterocycles. The quantitative estimate of drug-likeness (QED) is 0.354. The van der Waals surface area contributed by atoms with Crippen molar-refractivity contribution < 1.29 is 23.2 Å². The Labute approximate surface area is 203 Å². The van der Waals surface area contributed by atoms with E-state index < -0.39 is 17.4 Å². The number of rotatable bonds is 5. The number of carbonyl (C=O) groups excluding carboxylic acids is 1. The van der Waals surface area contributed by atoms with Crippen LogP contribution in [0, 0.1) is 6.92 Å². The number of benzene rings is 2. The van der Waals surface area contributed by atoms with Crippen LogP contribution in [0.5, 0.6) is 11.5 Å². The number of aromatic nitrogens is 1. The van der Waals surface area contributed by atoms with E-state index in [1.54, 1.807) is 31.2 Å². The van der Waals surface area contributed by atoms with Gasteiger partial charge in [0.05, 0.1) is 35.7 Å². The third-order valence-corrected chi connectivity index (χ3v) is 6.06. The molecule has 2 aromatic carbocycles. The number of methoxy groups -OCH3 is 1. The zero-order valence-electron chi connectivity index (χ0n) is 18.3. The third-order valence-electron chi connectivity index (χ3n) is 5.56. The van der Waals surface area contributed by atoms with Crippen LogP contribution in [0.25, 0.3) is 11.0 Å². The van der Waals surface area contributed by atoms with Crippen LogP contribution < -0.4 is 19.8 Å². The predicted octanol–water partition coefficient (Wildman–Crippen LogP) is 5.55. The van der Waals surface area contributed by atoms with Crippen LogP contribution in [-0.4, -0.2) is 24.8 Å². The van der Waals surface area contributed by atoms with E-state index in [1.165, 1.54) is 24.1 Å². The van der Waals surface area contributed by atoms with Gasteiger partial charge in [0.15, 0.2) is 28.3 Å². The second-order valence-electron chi connectivity index (χ2n) is 7.66. The maximum Gasteiger partial charge on any atom is 0.296 e. The fourth-order valence-electron chi connectivity index (χ4n) is 4.15. The van der Waals surface area contributed by atoms with Crippen molar-refractivity contribution in [1.29, 1.82) is 0 Å². The monoisotopic (exact) mass is 500 g/mol. The molecule has 4 aromatic rings. The Hall–Kier alpha value is -3.49. The van der Waals surface area contributed by atoms with E-state index in [1.807, 2.05) is 6.92 Å². The first kappa shape index (κ1) is 22.3. The Morgan fingerprint density at radius 3 is 2.59 bits per heavy atom. The summed E-state index contributed by atoms with van der Waals surface area (Å²) < 4.78 is 22.2. The van der Waals surface area contributed by atoms with Crippen LogP contribution in [-0.2, 0) is 0 Å². The Bertz CT molecular complexity index is 1510. The summed E-state index contributed by atoms with van der Waals surface area (Å²) in [4.78, 5) is 28.6. The molecule has 0 fully saturated rings. The highest BCUT2D eigenvalue weighted by atomic mass is 35.5. The predicted molar refractivity (Wildman–Crippen MR) is 127 cm³/mol. The number of nitrogens with zero attached hydrogens (tertiary/aromatic N) is 2. The molecule has 1 aliphatic rings. The molecule has 0 saturated heterocycles.